The average Bonchev–Trinajstić information content (AvgIpc) is 2.82. The standard InChI is InChI=1S/C14H16BrNO4S/c1-3-9(17)16-13-10(14(19)20-4-2)7-5-6-8(15)11(18)12(7)21-13/h8H,3-6H2,1-2H3,(H,16,17)/t8-/m0/s1. The zero-order valence-corrected chi connectivity index (χ0v) is 14.2. The van der Waals surface area contributed by atoms with E-state index in [4.69, 9.17) is 4.74 Å². The third-order valence-electron chi connectivity index (χ3n) is 3.22. The molecule has 1 heterocycles. The zero-order chi connectivity index (χ0) is 15.6. The number of nitrogens with one attached hydrogen (secondary N) is 1. The molecule has 0 bridgehead atoms. The number of hydrogen-bond donors (Lipinski definition) is 1. The molecule has 0 aliphatic heterocycles. The number of halogens is 1. The summed E-state index contributed by atoms with van der Waals surface area (Å²) < 4.78 is 5.06. The first-order chi connectivity index (χ1) is 9.99. The number of ether oxygens (including phenoxy) is 1. The number of Topliss-reactive ketones (excluding diaryl/α,β-unsaturated/α-hetero) is 1. The molecule has 1 N–H and O–H groups in total. The third-order valence-corrected chi connectivity index (χ3v) is 5.25. The van der Waals surface area contributed by atoms with Gasteiger partial charge < -0.3 is 10.1 Å². The maximum Gasteiger partial charge on any atom is 0.341 e. The number of anilines is 1. The second kappa shape index (κ2) is 6.70. The van der Waals surface area contributed by atoms with Crippen LogP contribution >= 0.6 is 27.3 Å². The molecule has 0 saturated carbocycles. The van der Waals surface area contributed by atoms with E-state index in [9.17, 15) is 14.4 Å². The normalized spacial score (nSPS) is 17.3. The van der Waals surface area contributed by atoms with Crippen molar-refractivity contribution in [3.8, 4) is 0 Å². The van der Waals surface area contributed by atoms with Crippen molar-refractivity contribution in [1.82, 2.24) is 0 Å². The van der Waals surface area contributed by atoms with Crippen LogP contribution in [-0.4, -0.2) is 29.1 Å². The summed E-state index contributed by atoms with van der Waals surface area (Å²) in [5.74, 6) is -0.715. The molecule has 1 aromatic heterocycles. The second-order valence-electron chi connectivity index (χ2n) is 4.61. The van der Waals surface area contributed by atoms with E-state index in [1.54, 1.807) is 13.8 Å². The third kappa shape index (κ3) is 3.18. The topological polar surface area (TPSA) is 72.5 Å². The van der Waals surface area contributed by atoms with Gasteiger partial charge in [-0.05, 0) is 25.3 Å². The van der Waals surface area contributed by atoms with Crippen LogP contribution in [0, 0.1) is 0 Å². The molecule has 0 unspecified atom stereocenters. The SMILES string of the molecule is CCOC(=O)c1c(NC(=O)CC)sc2c1CC[C@H](Br)C2=O. The van der Waals surface area contributed by atoms with Crippen LogP contribution in [0.4, 0.5) is 5.00 Å². The van der Waals surface area contributed by atoms with E-state index in [1.165, 1.54) is 0 Å². The molecule has 2 rings (SSSR count). The van der Waals surface area contributed by atoms with Crippen LogP contribution in [0.5, 0.6) is 0 Å². The van der Waals surface area contributed by atoms with Crippen molar-refractivity contribution in [3.63, 3.8) is 0 Å². The molecule has 1 amide bonds. The Morgan fingerprint density at radius 3 is 2.76 bits per heavy atom. The minimum Gasteiger partial charge on any atom is -0.462 e. The van der Waals surface area contributed by atoms with Crippen molar-refractivity contribution in [1.29, 1.82) is 0 Å². The van der Waals surface area contributed by atoms with Crippen LogP contribution in [0.3, 0.4) is 0 Å². The Bertz CT molecular complexity index is 596. The highest BCUT2D eigenvalue weighted by molar-refractivity contribution is 9.10. The first kappa shape index (κ1) is 16.2. The van der Waals surface area contributed by atoms with Gasteiger partial charge in [0.05, 0.1) is 21.9 Å². The Morgan fingerprint density at radius 1 is 1.43 bits per heavy atom. The Balaban J connectivity index is 2.48. The van der Waals surface area contributed by atoms with E-state index in [2.05, 4.69) is 21.2 Å². The first-order valence-electron chi connectivity index (χ1n) is 6.80. The number of rotatable bonds is 4. The zero-order valence-electron chi connectivity index (χ0n) is 11.8. The van der Waals surface area contributed by atoms with E-state index in [-0.39, 0.29) is 23.1 Å². The van der Waals surface area contributed by atoms with Gasteiger partial charge in [-0.15, -0.1) is 11.3 Å². The lowest BCUT2D eigenvalue weighted by atomic mass is 9.94. The maximum atomic E-state index is 12.2. The summed E-state index contributed by atoms with van der Waals surface area (Å²) in [6, 6.07) is 0. The lowest BCUT2D eigenvalue weighted by Gasteiger charge is -2.16. The van der Waals surface area contributed by atoms with Crippen molar-refractivity contribution in [2.24, 2.45) is 0 Å². The number of alkyl halides is 1. The van der Waals surface area contributed by atoms with Gasteiger partial charge in [-0.2, -0.15) is 0 Å². The van der Waals surface area contributed by atoms with Gasteiger partial charge >= 0.3 is 5.97 Å². The Labute approximate surface area is 135 Å². The summed E-state index contributed by atoms with van der Waals surface area (Å²) >= 11 is 4.50. The van der Waals surface area contributed by atoms with Crippen LogP contribution in [-0.2, 0) is 16.0 Å². The smallest absolute Gasteiger partial charge is 0.341 e. The van der Waals surface area contributed by atoms with Gasteiger partial charge in [-0.1, -0.05) is 22.9 Å². The minimum absolute atomic E-state index is 0.0382. The van der Waals surface area contributed by atoms with E-state index >= 15 is 0 Å². The average molecular weight is 374 g/mol. The Morgan fingerprint density at radius 2 is 2.14 bits per heavy atom. The summed E-state index contributed by atoms with van der Waals surface area (Å²) in [5.41, 5.74) is 1.04. The predicted molar refractivity (Wildman–Crippen MR) is 84.6 cm³/mol. The van der Waals surface area contributed by atoms with E-state index < -0.39 is 5.97 Å². The number of amides is 1. The maximum absolute atomic E-state index is 12.2. The lowest BCUT2D eigenvalue weighted by molar-refractivity contribution is -0.115. The number of hydrogen-bond acceptors (Lipinski definition) is 5. The molecule has 0 aromatic carbocycles. The van der Waals surface area contributed by atoms with Crippen LogP contribution in [0.15, 0.2) is 0 Å². The molecule has 21 heavy (non-hydrogen) atoms. The number of carbonyl (C=O) groups excluding carboxylic acids is 3. The number of esters is 1. The van der Waals surface area contributed by atoms with Crippen LogP contribution in [0.25, 0.3) is 0 Å². The summed E-state index contributed by atoms with van der Waals surface area (Å²) in [6.45, 7) is 3.70. The molecule has 5 nitrogen and oxygen atoms in total. The van der Waals surface area contributed by atoms with Crippen molar-refractivity contribution >= 4 is 49.9 Å². The number of carbonyl (C=O) groups is 3. The Hall–Kier alpha value is -1.21. The second-order valence-corrected chi connectivity index (χ2v) is 6.73. The molecule has 1 aromatic rings. The van der Waals surface area contributed by atoms with Crippen molar-refractivity contribution in [3.05, 3.63) is 16.0 Å². The van der Waals surface area contributed by atoms with Gasteiger partial charge in [0, 0.05) is 6.42 Å². The fraction of sp³-hybridized carbons (Fsp3) is 0.500. The van der Waals surface area contributed by atoms with Crippen LogP contribution in [0.1, 0.15) is 52.3 Å². The molecular weight excluding hydrogens is 358 g/mol. The molecule has 7 heteroatoms. The van der Waals surface area contributed by atoms with Crippen molar-refractivity contribution in [2.45, 2.75) is 37.9 Å². The van der Waals surface area contributed by atoms with Gasteiger partial charge in [0.15, 0.2) is 5.78 Å². The number of thiophene rings is 1. The largest absolute Gasteiger partial charge is 0.462 e. The highest BCUT2D eigenvalue weighted by atomic mass is 79.9. The molecule has 0 fully saturated rings. The van der Waals surface area contributed by atoms with Gasteiger partial charge in [0.2, 0.25) is 5.91 Å². The molecule has 0 saturated heterocycles. The van der Waals surface area contributed by atoms with E-state index in [0.717, 1.165) is 11.3 Å². The molecule has 0 spiro atoms. The molecule has 114 valence electrons. The summed E-state index contributed by atoms with van der Waals surface area (Å²) in [6.07, 6.45) is 1.56. The fourth-order valence-corrected chi connectivity index (χ4v) is 4.03. The molecule has 1 aliphatic rings. The predicted octanol–water partition coefficient (Wildman–Crippen LogP) is 3.17. The van der Waals surface area contributed by atoms with Crippen molar-refractivity contribution < 1.29 is 19.1 Å². The summed E-state index contributed by atoms with van der Waals surface area (Å²) in [5, 5.41) is 3.12. The monoisotopic (exact) mass is 373 g/mol. The minimum atomic E-state index is -0.484. The van der Waals surface area contributed by atoms with Crippen LogP contribution < -0.4 is 5.32 Å². The Kier molecular flexibility index (Phi) is 5.16. The highest BCUT2D eigenvalue weighted by Crippen LogP contribution is 2.40. The molecule has 1 atom stereocenters. The first-order valence-corrected chi connectivity index (χ1v) is 8.53. The molecule has 0 radical (unpaired) electrons. The molecular formula is C14H16BrNO4S. The molecule has 1 aliphatic carbocycles. The van der Waals surface area contributed by atoms with Gasteiger partial charge in [-0.25, -0.2) is 4.79 Å². The fourth-order valence-electron chi connectivity index (χ4n) is 2.17. The van der Waals surface area contributed by atoms with Crippen LogP contribution in [0.2, 0.25) is 0 Å². The van der Waals surface area contributed by atoms with E-state index in [1.807, 2.05) is 0 Å². The van der Waals surface area contributed by atoms with Gasteiger partial charge in [-0.3, -0.25) is 9.59 Å². The number of ketones is 1. The van der Waals surface area contributed by atoms with Crippen molar-refractivity contribution in [2.75, 3.05) is 11.9 Å². The highest BCUT2D eigenvalue weighted by Gasteiger charge is 2.34. The number of fused-ring (bicyclic) bond motifs is 1. The summed E-state index contributed by atoms with van der Waals surface area (Å²) in [7, 11) is 0. The quantitative estimate of drug-likeness (QED) is 0.649. The summed E-state index contributed by atoms with van der Waals surface area (Å²) in [4.78, 5) is 36.3. The van der Waals surface area contributed by atoms with Gasteiger partial charge in [0.1, 0.15) is 5.00 Å². The van der Waals surface area contributed by atoms with E-state index in [0.29, 0.717) is 40.3 Å². The van der Waals surface area contributed by atoms with Gasteiger partial charge in [0.25, 0.3) is 0 Å². The lowest BCUT2D eigenvalue weighted by Crippen LogP contribution is -2.22.